The Morgan fingerprint density at radius 3 is 2.93 bits per heavy atom. The van der Waals surface area contributed by atoms with Gasteiger partial charge in [0.25, 0.3) is 0 Å². The lowest BCUT2D eigenvalue weighted by molar-refractivity contribution is 0.460. The number of aromatic nitrogens is 2. The summed E-state index contributed by atoms with van der Waals surface area (Å²) in [5.41, 5.74) is 7.07. The molecule has 0 bridgehead atoms. The summed E-state index contributed by atoms with van der Waals surface area (Å²) in [4.78, 5) is 0. The summed E-state index contributed by atoms with van der Waals surface area (Å²) in [7, 11) is 0. The molecule has 84 valence electrons. The van der Waals surface area contributed by atoms with Gasteiger partial charge >= 0.3 is 0 Å². The zero-order valence-corrected chi connectivity index (χ0v) is 9.52. The smallest absolute Gasteiger partial charge is 0.0640 e. The fourth-order valence-electron chi connectivity index (χ4n) is 2.27. The van der Waals surface area contributed by atoms with Crippen LogP contribution in [0.25, 0.3) is 0 Å². The maximum atomic E-state index is 5.92. The van der Waals surface area contributed by atoms with Gasteiger partial charge in [-0.25, -0.2) is 0 Å². The highest BCUT2D eigenvalue weighted by Crippen LogP contribution is 2.28. The standard InChI is InChI=1S/C12H21N3/c1-2-10(13)9-11-7-8-15(14-11)12-5-3-4-6-12/h7-8,10,12H,2-6,9,13H2,1H3. The molecule has 1 fully saturated rings. The van der Waals surface area contributed by atoms with E-state index in [1.54, 1.807) is 0 Å². The number of rotatable bonds is 4. The second-order valence-electron chi connectivity index (χ2n) is 4.60. The minimum atomic E-state index is 0.261. The molecule has 1 unspecified atom stereocenters. The van der Waals surface area contributed by atoms with E-state index in [0.29, 0.717) is 6.04 Å². The van der Waals surface area contributed by atoms with Gasteiger partial charge in [-0.05, 0) is 25.3 Å². The zero-order chi connectivity index (χ0) is 10.7. The van der Waals surface area contributed by atoms with Crippen LogP contribution in [0.1, 0.15) is 50.8 Å². The maximum Gasteiger partial charge on any atom is 0.0640 e. The minimum absolute atomic E-state index is 0.261. The fourth-order valence-corrected chi connectivity index (χ4v) is 2.27. The molecular weight excluding hydrogens is 186 g/mol. The Balaban J connectivity index is 1.97. The summed E-state index contributed by atoms with van der Waals surface area (Å²) < 4.78 is 2.14. The summed E-state index contributed by atoms with van der Waals surface area (Å²) >= 11 is 0. The highest BCUT2D eigenvalue weighted by molar-refractivity contribution is 5.02. The second-order valence-corrected chi connectivity index (χ2v) is 4.60. The number of hydrogen-bond donors (Lipinski definition) is 1. The first kappa shape index (κ1) is 10.7. The molecule has 0 spiro atoms. The lowest BCUT2D eigenvalue weighted by atomic mass is 10.1. The SMILES string of the molecule is CCC(N)Cc1ccn(C2CCCC2)n1. The molecular formula is C12H21N3. The molecule has 1 heterocycles. The quantitative estimate of drug-likeness (QED) is 0.823. The molecule has 0 saturated heterocycles. The van der Waals surface area contributed by atoms with Crippen LogP contribution in [0.15, 0.2) is 12.3 Å². The van der Waals surface area contributed by atoms with Crippen molar-refractivity contribution >= 4 is 0 Å². The van der Waals surface area contributed by atoms with Crippen LogP contribution >= 0.6 is 0 Å². The van der Waals surface area contributed by atoms with E-state index in [1.165, 1.54) is 25.7 Å². The zero-order valence-electron chi connectivity index (χ0n) is 9.52. The molecule has 0 radical (unpaired) electrons. The van der Waals surface area contributed by atoms with E-state index in [0.717, 1.165) is 18.5 Å². The van der Waals surface area contributed by atoms with E-state index in [1.807, 2.05) is 0 Å². The molecule has 1 aliphatic rings. The highest BCUT2D eigenvalue weighted by Gasteiger charge is 2.17. The Hall–Kier alpha value is -0.830. The Morgan fingerprint density at radius 2 is 2.27 bits per heavy atom. The third-order valence-corrected chi connectivity index (χ3v) is 3.36. The minimum Gasteiger partial charge on any atom is -0.327 e. The van der Waals surface area contributed by atoms with Crippen molar-refractivity contribution in [2.24, 2.45) is 5.73 Å². The molecule has 1 saturated carbocycles. The molecule has 1 atom stereocenters. The van der Waals surface area contributed by atoms with Crippen LogP contribution in [0.2, 0.25) is 0 Å². The van der Waals surface area contributed by atoms with Crippen LogP contribution in [-0.4, -0.2) is 15.8 Å². The van der Waals surface area contributed by atoms with E-state index >= 15 is 0 Å². The van der Waals surface area contributed by atoms with Gasteiger partial charge in [0.1, 0.15) is 0 Å². The van der Waals surface area contributed by atoms with Gasteiger partial charge in [0.15, 0.2) is 0 Å². The normalized spacial score (nSPS) is 19.6. The van der Waals surface area contributed by atoms with Crippen molar-refractivity contribution in [1.82, 2.24) is 9.78 Å². The molecule has 1 aromatic rings. The van der Waals surface area contributed by atoms with E-state index < -0.39 is 0 Å². The molecule has 0 aliphatic heterocycles. The predicted molar refractivity (Wildman–Crippen MR) is 61.7 cm³/mol. The molecule has 0 amide bonds. The Bertz CT molecular complexity index is 300. The largest absolute Gasteiger partial charge is 0.327 e. The van der Waals surface area contributed by atoms with Gasteiger partial charge in [0.2, 0.25) is 0 Å². The van der Waals surface area contributed by atoms with Gasteiger partial charge in [-0.1, -0.05) is 19.8 Å². The van der Waals surface area contributed by atoms with Crippen molar-refractivity contribution in [2.45, 2.75) is 57.5 Å². The summed E-state index contributed by atoms with van der Waals surface area (Å²) in [6.07, 6.45) is 9.35. The molecule has 3 heteroatoms. The summed E-state index contributed by atoms with van der Waals surface area (Å²) in [5.74, 6) is 0. The van der Waals surface area contributed by atoms with E-state index in [2.05, 4.69) is 29.0 Å². The van der Waals surface area contributed by atoms with Crippen LogP contribution in [0.4, 0.5) is 0 Å². The number of nitrogens with zero attached hydrogens (tertiary/aromatic N) is 2. The van der Waals surface area contributed by atoms with Crippen molar-refractivity contribution in [3.63, 3.8) is 0 Å². The van der Waals surface area contributed by atoms with Crippen molar-refractivity contribution in [1.29, 1.82) is 0 Å². The molecule has 0 aromatic carbocycles. The summed E-state index contributed by atoms with van der Waals surface area (Å²) in [5, 5.41) is 4.62. The van der Waals surface area contributed by atoms with E-state index in [-0.39, 0.29) is 6.04 Å². The van der Waals surface area contributed by atoms with Crippen molar-refractivity contribution in [3.8, 4) is 0 Å². The number of nitrogens with two attached hydrogens (primary N) is 1. The molecule has 2 rings (SSSR count). The van der Waals surface area contributed by atoms with Crippen LogP contribution < -0.4 is 5.73 Å². The average Bonchev–Trinajstić information content (AvgIpc) is 2.85. The number of hydrogen-bond acceptors (Lipinski definition) is 2. The second kappa shape index (κ2) is 4.79. The van der Waals surface area contributed by atoms with Gasteiger partial charge in [-0.2, -0.15) is 5.10 Å². The molecule has 1 aliphatic carbocycles. The van der Waals surface area contributed by atoms with Crippen LogP contribution in [0.5, 0.6) is 0 Å². The third-order valence-electron chi connectivity index (χ3n) is 3.36. The fraction of sp³-hybridized carbons (Fsp3) is 0.750. The van der Waals surface area contributed by atoms with Crippen LogP contribution in [0.3, 0.4) is 0 Å². The maximum absolute atomic E-state index is 5.92. The van der Waals surface area contributed by atoms with Crippen LogP contribution in [-0.2, 0) is 6.42 Å². The lowest BCUT2D eigenvalue weighted by Crippen LogP contribution is -2.21. The Kier molecular flexibility index (Phi) is 3.41. The molecule has 1 aromatic heterocycles. The van der Waals surface area contributed by atoms with Gasteiger partial charge < -0.3 is 5.73 Å². The Labute approximate surface area is 91.7 Å². The first-order valence-electron chi connectivity index (χ1n) is 6.09. The third kappa shape index (κ3) is 2.59. The monoisotopic (exact) mass is 207 g/mol. The van der Waals surface area contributed by atoms with E-state index in [9.17, 15) is 0 Å². The Morgan fingerprint density at radius 1 is 1.53 bits per heavy atom. The van der Waals surface area contributed by atoms with Gasteiger partial charge in [-0.15, -0.1) is 0 Å². The molecule has 15 heavy (non-hydrogen) atoms. The van der Waals surface area contributed by atoms with E-state index in [4.69, 9.17) is 5.73 Å². The predicted octanol–water partition coefficient (Wildman–Crippen LogP) is 2.28. The molecule has 3 nitrogen and oxygen atoms in total. The van der Waals surface area contributed by atoms with Crippen molar-refractivity contribution < 1.29 is 0 Å². The van der Waals surface area contributed by atoms with Crippen LogP contribution in [0, 0.1) is 0 Å². The van der Waals surface area contributed by atoms with Crippen molar-refractivity contribution in [2.75, 3.05) is 0 Å². The first-order valence-corrected chi connectivity index (χ1v) is 6.09. The first-order chi connectivity index (χ1) is 7.29. The highest BCUT2D eigenvalue weighted by atomic mass is 15.3. The van der Waals surface area contributed by atoms with Gasteiger partial charge in [0, 0.05) is 18.7 Å². The summed E-state index contributed by atoms with van der Waals surface area (Å²) in [6.45, 7) is 2.12. The van der Waals surface area contributed by atoms with Crippen molar-refractivity contribution in [3.05, 3.63) is 18.0 Å². The van der Waals surface area contributed by atoms with Gasteiger partial charge in [0.05, 0.1) is 11.7 Å². The lowest BCUT2D eigenvalue weighted by Gasteiger charge is -2.09. The topological polar surface area (TPSA) is 43.8 Å². The van der Waals surface area contributed by atoms with Gasteiger partial charge in [-0.3, -0.25) is 4.68 Å². The molecule has 2 N–H and O–H groups in total. The average molecular weight is 207 g/mol. The summed E-state index contributed by atoms with van der Waals surface area (Å²) in [6, 6.07) is 3.03.